The summed E-state index contributed by atoms with van der Waals surface area (Å²) >= 11 is 0. The summed E-state index contributed by atoms with van der Waals surface area (Å²) in [6, 6.07) is 7.54. The fraction of sp³-hybridized carbons (Fsp3) is 0.640. The molecule has 0 aromatic carbocycles. The van der Waals surface area contributed by atoms with Gasteiger partial charge in [-0.05, 0) is 50.7 Å². The number of rotatable bonds is 19. The summed E-state index contributed by atoms with van der Waals surface area (Å²) in [5.41, 5.74) is 1.65. The van der Waals surface area contributed by atoms with E-state index < -0.39 is 0 Å². The lowest BCUT2D eigenvalue weighted by Gasteiger charge is -2.07. The van der Waals surface area contributed by atoms with Crippen molar-refractivity contribution < 1.29 is 18.9 Å². The highest BCUT2D eigenvalue weighted by Crippen LogP contribution is 2.19. The lowest BCUT2D eigenvalue weighted by Crippen LogP contribution is -2.03. The highest BCUT2D eigenvalue weighted by atomic mass is 16.5. The maximum absolute atomic E-state index is 5.70. The summed E-state index contributed by atoms with van der Waals surface area (Å²) in [4.78, 5) is 4.37. The van der Waals surface area contributed by atoms with Crippen LogP contribution in [0.15, 0.2) is 30.5 Å². The minimum atomic E-state index is 0.534. The van der Waals surface area contributed by atoms with Gasteiger partial charge in [0.2, 0.25) is 11.8 Å². The average molecular weight is 446 g/mol. The molecule has 0 amide bonds. The SMILES string of the molecule is CCCCOCCCCOc1ccc(-c2ccc(OCCCCOCCCC)nn2)cn1. The molecule has 178 valence electrons. The first-order valence-electron chi connectivity index (χ1n) is 12.0. The number of hydrogen-bond acceptors (Lipinski definition) is 7. The molecule has 0 aliphatic heterocycles. The van der Waals surface area contributed by atoms with E-state index in [2.05, 4.69) is 29.0 Å². The second-order valence-corrected chi connectivity index (χ2v) is 7.68. The van der Waals surface area contributed by atoms with Gasteiger partial charge >= 0.3 is 0 Å². The zero-order valence-corrected chi connectivity index (χ0v) is 19.8. The molecule has 0 bridgehead atoms. The third kappa shape index (κ3) is 11.4. The third-order valence-corrected chi connectivity index (χ3v) is 4.82. The van der Waals surface area contributed by atoms with E-state index in [0.717, 1.165) is 76.2 Å². The predicted molar refractivity (Wildman–Crippen MR) is 126 cm³/mol. The van der Waals surface area contributed by atoms with Crippen molar-refractivity contribution in [3.05, 3.63) is 30.5 Å². The van der Waals surface area contributed by atoms with Crippen LogP contribution >= 0.6 is 0 Å². The molecule has 0 N–H and O–H groups in total. The van der Waals surface area contributed by atoms with Gasteiger partial charge in [0.05, 0.1) is 18.9 Å². The Labute approximate surface area is 192 Å². The van der Waals surface area contributed by atoms with Gasteiger partial charge in [-0.3, -0.25) is 0 Å². The predicted octanol–water partition coefficient (Wildman–Crippen LogP) is 5.49. The van der Waals surface area contributed by atoms with Crippen molar-refractivity contribution in [2.45, 2.75) is 65.2 Å². The summed E-state index contributed by atoms with van der Waals surface area (Å²) in [7, 11) is 0. The Morgan fingerprint density at radius 3 is 1.69 bits per heavy atom. The van der Waals surface area contributed by atoms with Crippen molar-refractivity contribution in [1.82, 2.24) is 15.2 Å². The van der Waals surface area contributed by atoms with Crippen LogP contribution in [0.2, 0.25) is 0 Å². The summed E-state index contributed by atoms with van der Waals surface area (Å²) in [6.07, 6.45) is 10.2. The van der Waals surface area contributed by atoms with Gasteiger partial charge in [0, 0.05) is 50.3 Å². The largest absolute Gasteiger partial charge is 0.478 e. The standard InChI is InChI=1S/C25H39N3O4/c1-3-5-15-29-17-7-9-19-31-24-13-11-22(21-26-24)23-12-14-25(28-27-23)32-20-10-8-18-30-16-6-4-2/h11-14,21H,3-10,15-20H2,1-2H3. The van der Waals surface area contributed by atoms with Gasteiger partial charge in [-0.1, -0.05) is 26.7 Å². The number of hydrogen-bond donors (Lipinski definition) is 0. The van der Waals surface area contributed by atoms with Gasteiger partial charge in [0.1, 0.15) is 0 Å². The molecule has 0 aliphatic carbocycles. The second-order valence-electron chi connectivity index (χ2n) is 7.68. The zero-order valence-electron chi connectivity index (χ0n) is 19.8. The number of pyridine rings is 1. The molecule has 2 heterocycles. The van der Waals surface area contributed by atoms with Gasteiger partial charge in [-0.2, -0.15) is 0 Å². The minimum Gasteiger partial charge on any atom is -0.478 e. The lowest BCUT2D eigenvalue weighted by atomic mass is 10.2. The number of ether oxygens (including phenoxy) is 4. The van der Waals surface area contributed by atoms with E-state index in [1.165, 1.54) is 12.8 Å². The monoisotopic (exact) mass is 445 g/mol. The molecule has 0 radical (unpaired) electrons. The summed E-state index contributed by atoms with van der Waals surface area (Å²) < 4.78 is 22.5. The van der Waals surface area contributed by atoms with Gasteiger partial charge in [0.25, 0.3) is 0 Å². The molecule has 2 aromatic rings. The average Bonchev–Trinajstić information content (AvgIpc) is 2.83. The number of aromatic nitrogens is 3. The van der Waals surface area contributed by atoms with Crippen molar-refractivity contribution in [3.63, 3.8) is 0 Å². The normalized spacial score (nSPS) is 10.9. The van der Waals surface area contributed by atoms with Crippen LogP contribution in [0.5, 0.6) is 11.8 Å². The number of unbranched alkanes of at least 4 members (excludes halogenated alkanes) is 4. The Morgan fingerprint density at radius 1 is 0.594 bits per heavy atom. The molecule has 2 rings (SSSR count). The van der Waals surface area contributed by atoms with E-state index in [1.807, 2.05) is 24.3 Å². The molecule has 32 heavy (non-hydrogen) atoms. The van der Waals surface area contributed by atoms with Crippen LogP contribution < -0.4 is 9.47 Å². The Bertz CT molecular complexity index is 634. The van der Waals surface area contributed by atoms with Crippen LogP contribution in [0.1, 0.15) is 65.2 Å². The smallest absolute Gasteiger partial charge is 0.233 e. The Morgan fingerprint density at radius 2 is 1.16 bits per heavy atom. The molecular weight excluding hydrogens is 406 g/mol. The van der Waals surface area contributed by atoms with Gasteiger partial charge in [-0.25, -0.2) is 4.98 Å². The lowest BCUT2D eigenvalue weighted by molar-refractivity contribution is 0.123. The number of nitrogens with zero attached hydrogens (tertiary/aromatic N) is 3. The molecule has 0 unspecified atom stereocenters. The molecule has 7 heteroatoms. The molecular formula is C25H39N3O4. The highest BCUT2D eigenvalue weighted by Gasteiger charge is 2.04. The molecule has 0 spiro atoms. The molecule has 0 saturated heterocycles. The Kier molecular flexibility index (Phi) is 14.1. The van der Waals surface area contributed by atoms with E-state index in [4.69, 9.17) is 18.9 Å². The minimum absolute atomic E-state index is 0.534. The van der Waals surface area contributed by atoms with Gasteiger partial charge in [0.15, 0.2) is 0 Å². The summed E-state index contributed by atoms with van der Waals surface area (Å²) in [5, 5.41) is 8.41. The first kappa shape index (κ1) is 26.0. The third-order valence-electron chi connectivity index (χ3n) is 4.82. The molecule has 2 aromatic heterocycles. The maximum atomic E-state index is 5.70. The van der Waals surface area contributed by atoms with Crippen molar-refractivity contribution in [1.29, 1.82) is 0 Å². The molecule has 0 aliphatic rings. The maximum Gasteiger partial charge on any atom is 0.233 e. The van der Waals surface area contributed by atoms with E-state index >= 15 is 0 Å². The van der Waals surface area contributed by atoms with Crippen LogP contribution in [0, 0.1) is 0 Å². The van der Waals surface area contributed by atoms with Crippen molar-refractivity contribution in [3.8, 4) is 23.0 Å². The molecule has 0 saturated carbocycles. The Balaban J connectivity index is 1.61. The fourth-order valence-corrected chi connectivity index (χ4v) is 2.83. The van der Waals surface area contributed by atoms with Crippen molar-refractivity contribution >= 4 is 0 Å². The van der Waals surface area contributed by atoms with Crippen molar-refractivity contribution in [2.75, 3.05) is 39.6 Å². The first-order chi connectivity index (χ1) is 15.8. The zero-order chi connectivity index (χ0) is 22.7. The highest BCUT2D eigenvalue weighted by molar-refractivity contribution is 5.57. The van der Waals surface area contributed by atoms with Crippen LogP contribution in [0.4, 0.5) is 0 Å². The molecule has 0 atom stereocenters. The quantitative estimate of drug-likeness (QED) is 0.265. The van der Waals surface area contributed by atoms with Crippen molar-refractivity contribution in [2.24, 2.45) is 0 Å². The second kappa shape index (κ2) is 17.3. The van der Waals surface area contributed by atoms with Crippen LogP contribution in [-0.2, 0) is 9.47 Å². The fourth-order valence-electron chi connectivity index (χ4n) is 2.83. The molecule has 0 fully saturated rings. The topological polar surface area (TPSA) is 75.6 Å². The van der Waals surface area contributed by atoms with E-state index in [1.54, 1.807) is 6.20 Å². The van der Waals surface area contributed by atoms with Gasteiger partial charge < -0.3 is 18.9 Å². The van der Waals surface area contributed by atoms with E-state index in [-0.39, 0.29) is 0 Å². The van der Waals surface area contributed by atoms with E-state index in [9.17, 15) is 0 Å². The van der Waals surface area contributed by atoms with Crippen LogP contribution in [0.25, 0.3) is 11.3 Å². The summed E-state index contributed by atoms with van der Waals surface area (Å²) in [5.74, 6) is 1.15. The summed E-state index contributed by atoms with van der Waals surface area (Å²) in [6.45, 7) is 8.87. The van der Waals surface area contributed by atoms with Crippen LogP contribution in [0.3, 0.4) is 0 Å². The Hall–Kier alpha value is -2.25. The first-order valence-corrected chi connectivity index (χ1v) is 12.0. The molecule has 7 nitrogen and oxygen atoms in total. The van der Waals surface area contributed by atoms with Crippen LogP contribution in [-0.4, -0.2) is 54.8 Å². The van der Waals surface area contributed by atoms with E-state index in [0.29, 0.717) is 25.0 Å². The van der Waals surface area contributed by atoms with Gasteiger partial charge in [-0.15, -0.1) is 10.2 Å².